The summed E-state index contributed by atoms with van der Waals surface area (Å²) in [6.07, 6.45) is 9.37. The molecule has 1 N–H and O–H groups in total. The van der Waals surface area contributed by atoms with Gasteiger partial charge in [0, 0.05) is 27.5 Å². The predicted octanol–water partition coefficient (Wildman–Crippen LogP) is 4.48. The Bertz CT molecular complexity index is 303. The summed E-state index contributed by atoms with van der Waals surface area (Å²) in [4.78, 5) is 0. The Morgan fingerprint density at radius 1 is 1.26 bits per heavy atom. The van der Waals surface area contributed by atoms with Crippen LogP contribution in [-0.4, -0.2) is 34.1 Å². The summed E-state index contributed by atoms with van der Waals surface area (Å²) in [6, 6.07) is 0.621. The molecule has 1 saturated heterocycles. The molecule has 0 radical (unpaired) electrons. The monoisotopic (exact) mass is 299 g/mol. The van der Waals surface area contributed by atoms with E-state index < -0.39 is 0 Å². The van der Waals surface area contributed by atoms with E-state index in [9.17, 15) is 0 Å². The Kier molecular flexibility index (Phi) is 6.64. The van der Waals surface area contributed by atoms with Crippen LogP contribution in [0.3, 0.4) is 0 Å². The van der Waals surface area contributed by atoms with E-state index in [0.29, 0.717) is 6.04 Å². The lowest BCUT2D eigenvalue weighted by molar-refractivity contribution is 0.560. The molecule has 0 amide bonds. The van der Waals surface area contributed by atoms with E-state index in [1.54, 1.807) is 5.57 Å². The summed E-state index contributed by atoms with van der Waals surface area (Å²) in [7, 11) is 0. The van der Waals surface area contributed by atoms with E-state index in [4.69, 9.17) is 0 Å². The van der Waals surface area contributed by atoms with Gasteiger partial charge in [0.2, 0.25) is 0 Å². The third kappa shape index (κ3) is 4.44. The second-order valence-corrected chi connectivity index (χ2v) is 8.86. The number of nitrogens with one attached hydrogen (secondary N) is 1. The Balaban J connectivity index is 2.04. The normalized spacial score (nSPS) is 34.5. The van der Waals surface area contributed by atoms with Crippen LogP contribution in [0.5, 0.6) is 0 Å². The number of hydrogen-bond acceptors (Lipinski definition) is 3. The van der Waals surface area contributed by atoms with E-state index in [2.05, 4.69) is 55.7 Å². The molecule has 3 heteroatoms. The van der Waals surface area contributed by atoms with Gasteiger partial charge in [0.1, 0.15) is 0 Å². The van der Waals surface area contributed by atoms with Crippen LogP contribution in [0, 0.1) is 0 Å². The Labute approximate surface area is 127 Å². The molecule has 4 atom stereocenters. The fraction of sp³-hybridized carbons (Fsp3) is 0.875. The highest BCUT2D eigenvalue weighted by molar-refractivity contribution is 8.07. The third-order valence-corrected chi connectivity index (χ3v) is 7.84. The SMILES string of the molecule is CCNC(C1=CCCCCC1)C1CSC(C)C(C)S1. The molecular formula is C16H29NS2. The van der Waals surface area contributed by atoms with Gasteiger partial charge in [-0.05, 0) is 32.2 Å². The molecule has 19 heavy (non-hydrogen) atoms. The van der Waals surface area contributed by atoms with Crippen LogP contribution in [0.1, 0.15) is 52.9 Å². The summed E-state index contributed by atoms with van der Waals surface area (Å²) in [6.45, 7) is 8.12. The molecule has 0 spiro atoms. The highest BCUT2D eigenvalue weighted by Gasteiger charge is 2.32. The van der Waals surface area contributed by atoms with E-state index >= 15 is 0 Å². The third-order valence-electron chi connectivity index (χ3n) is 4.35. The van der Waals surface area contributed by atoms with Gasteiger partial charge < -0.3 is 5.32 Å². The Morgan fingerprint density at radius 2 is 2.11 bits per heavy atom. The summed E-state index contributed by atoms with van der Waals surface area (Å²) >= 11 is 4.39. The zero-order valence-corrected chi connectivity index (χ0v) is 14.3. The van der Waals surface area contributed by atoms with Crippen molar-refractivity contribution in [3.8, 4) is 0 Å². The van der Waals surface area contributed by atoms with Gasteiger partial charge >= 0.3 is 0 Å². The number of likely N-dealkylation sites (N-methyl/N-ethyl adjacent to an activating group) is 1. The van der Waals surface area contributed by atoms with Crippen LogP contribution in [0.15, 0.2) is 11.6 Å². The molecule has 1 fully saturated rings. The van der Waals surface area contributed by atoms with Crippen molar-refractivity contribution in [2.45, 2.75) is 74.7 Å². The van der Waals surface area contributed by atoms with Crippen LogP contribution < -0.4 is 5.32 Å². The molecule has 0 saturated carbocycles. The van der Waals surface area contributed by atoms with Crippen molar-refractivity contribution in [3.05, 3.63) is 11.6 Å². The van der Waals surface area contributed by atoms with Crippen molar-refractivity contribution >= 4 is 23.5 Å². The number of rotatable bonds is 4. The number of allylic oxidation sites excluding steroid dienone is 1. The highest BCUT2D eigenvalue weighted by atomic mass is 32.2. The van der Waals surface area contributed by atoms with Crippen LogP contribution in [0.4, 0.5) is 0 Å². The highest BCUT2D eigenvalue weighted by Crippen LogP contribution is 2.39. The minimum atomic E-state index is 0.621. The van der Waals surface area contributed by atoms with E-state index in [1.807, 2.05) is 0 Å². The predicted molar refractivity (Wildman–Crippen MR) is 91.4 cm³/mol. The lowest BCUT2D eigenvalue weighted by atomic mass is 9.99. The molecule has 0 aromatic heterocycles. The van der Waals surface area contributed by atoms with Gasteiger partial charge in [-0.15, -0.1) is 0 Å². The molecule has 1 heterocycles. The lowest BCUT2D eigenvalue weighted by Gasteiger charge is -2.37. The minimum absolute atomic E-state index is 0.621. The van der Waals surface area contributed by atoms with Crippen LogP contribution in [0.25, 0.3) is 0 Å². The maximum Gasteiger partial charge on any atom is 0.0407 e. The fourth-order valence-electron chi connectivity index (χ4n) is 3.03. The second-order valence-electron chi connectivity index (χ2n) is 5.83. The topological polar surface area (TPSA) is 12.0 Å². The lowest BCUT2D eigenvalue weighted by Crippen LogP contribution is -2.44. The molecule has 110 valence electrons. The summed E-state index contributed by atoms with van der Waals surface area (Å²) in [5.74, 6) is 1.31. The van der Waals surface area contributed by atoms with Crippen molar-refractivity contribution in [1.82, 2.24) is 5.32 Å². The molecule has 0 aromatic carbocycles. The Morgan fingerprint density at radius 3 is 2.84 bits per heavy atom. The molecule has 2 aliphatic rings. The van der Waals surface area contributed by atoms with Crippen molar-refractivity contribution < 1.29 is 0 Å². The van der Waals surface area contributed by atoms with Crippen LogP contribution in [0.2, 0.25) is 0 Å². The van der Waals surface area contributed by atoms with Gasteiger partial charge in [-0.3, -0.25) is 0 Å². The van der Waals surface area contributed by atoms with Crippen LogP contribution >= 0.6 is 23.5 Å². The number of thioether (sulfide) groups is 2. The van der Waals surface area contributed by atoms with Gasteiger partial charge in [-0.25, -0.2) is 0 Å². The van der Waals surface area contributed by atoms with Crippen LogP contribution in [-0.2, 0) is 0 Å². The molecular weight excluding hydrogens is 270 g/mol. The zero-order valence-electron chi connectivity index (χ0n) is 12.7. The van der Waals surface area contributed by atoms with E-state index in [1.165, 1.54) is 37.9 Å². The zero-order chi connectivity index (χ0) is 13.7. The Hall–Kier alpha value is 0.400. The maximum atomic E-state index is 3.78. The largest absolute Gasteiger partial charge is 0.310 e. The van der Waals surface area contributed by atoms with Crippen molar-refractivity contribution in [3.63, 3.8) is 0 Å². The number of hydrogen-bond donors (Lipinski definition) is 1. The average molecular weight is 300 g/mol. The first-order valence-corrected chi connectivity index (χ1v) is 9.91. The first-order chi connectivity index (χ1) is 9.22. The van der Waals surface area contributed by atoms with E-state index in [0.717, 1.165) is 22.3 Å². The first kappa shape index (κ1) is 15.8. The van der Waals surface area contributed by atoms with E-state index in [-0.39, 0.29) is 0 Å². The fourth-order valence-corrected chi connectivity index (χ4v) is 6.16. The first-order valence-electron chi connectivity index (χ1n) is 7.91. The second kappa shape index (κ2) is 7.99. The molecule has 2 rings (SSSR count). The van der Waals surface area contributed by atoms with Gasteiger partial charge in [0.25, 0.3) is 0 Å². The smallest absolute Gasteiger partial charge is 0.0407 e. The van der Waals surface area contributed by atoms with Gasteiger partial charge in [0.15, 0.2) is 0 Å². The van der Waals surface area contributed by atoms with Crippen molar-refractivity contribution in [1.29, 1.82) is 0 Å². The standard InChI is InChI=1S/C16H29NS2/c1-4-17-16(14-9-7-5-6-8-10-14)15-11-18-12(2)13(3)19-15/h9,12-13,15-17H,4-8,10-11H2,1-3H3. The van der Waals surface area contributed by atoms with Gasteiger partial charge in [-0.2, -0.15) is 23.5 Å². The molecule has 0 bridgehead atoms. The summed E-state index contributed by atoms with van der Waals surface area (Å²) < 4.78 is 0. The molecule has 1 aliphatic heterocycles. The van der Waals surface area contributed by atoms with Gasteiger partial charge in [0.05, 0.1) is 0 Å². The molecule has 4 unspecified atom stereocenters. The summed E-state index contributed by atoms with van der Waals surface area (Å²) in [5, 5.41) is 6.15. The quantitative estimate of drug-likeness (QED) is 0.769. The molecule has 0 aromatic rings. The van der Waals surface area contributed by atoms with Crippen molar-refractivity contribution in [2.24, 2.45) is 0 Å². The maximum absolute atomic E-state index is 3.78. The summed E-state index contributed by atoms with van der Waals surface area (Å²) in [5.41, 5.74) is 1.71. The van der Waals surface area contributed by atoms with Crippen molar-refractivity contribution in [2.75, 3.05) is 12.3 Å². The van der Waals surface area contributed by atoms with Gasteiger partial charge in [-0.1, -0.05) is 38.8 Å². The molecule has 1 aliphatic carbocycles. The average Bonchev–Trinajstić information content (AvgIpc) is 2.68. The minimum Gasteiger partial charge on any atom is -0.310 e. The molecule has 1 nitrogen and oxygen atoms in total.